The van der Waals surface area contributed by atoms with E-state index in [1.54, 1.807) is 18.2 Å². The predicted octanol–water partition coefficient (Wildman–Crippen LogP) is 4.47. The maximum absolute atomic E-state index is 12.2. The number of hydrogen-bond donors (Lipinski definition) is 0. The lowest BCUT2D eigenvalue weighted by molar-refractivity contribution is -0.144. The number of esters is 1. The third-order valence-corrected chi connectivity index (χ3v) is 4.02. The van der Waals surface area contributed by atoms with Gasteiger partial charge >= 0.3 is 5.97 Å². The number of Topliss-reactive ketones (excluding diaryl/α,β-unsaturated/α-hetero) is 1. The van der Waals surface area contributed by atoms with Crippen molar-refractivity contribution in [1.82, 2.24) is 0 Å². The fourth-order valence-corrected chi connectivity index (χ4v) is 2.60. The van der Waals surface area contributed by atoms with E-state index < -0.39 is 5.97 Å². The van der Waals surface area contributed by atoms with E-state index in [2.05, 4.69) is 0 Å². The highest BCUT2D eigenvalue weighted by atomic mass is 16.6. The molecule has 0 heterocycles. The molecule has 3 aromatic rings. The summed E-state index contributed by atoms with van der Waals surface area (Å²) in [5, 5.41) is 0. The third-order valence-electron chi connectivity index (χ3n) is 4.02. The maximum atomic E-state index is 12.2. The number of carbonyl (C=O) groups is 2. The number of ether oxygens (including phenoxy) is 2. The summed E-state index contributed by atoms with van der Waals surface area (Å²) in [5.41, 5.74) is 3.64. The average molecular weight is 360 g/mol. The van der Waals surface area contributed by atoms with E-state index in [0.717, 1.165) is 16.7 Å². The molecule has 0 unspecified atom stereocenters. The minimum Gasteiger partial charge on any atom is -0.482 e. The van der Waals surface area contributed by atoms with Crippen LogP contribution in [0.25, 0.3) is 11.1 Å². The van der Waals surface area contributed by atoms with E-state index in [9.17, 15) is 9.59 Å². The highest BCUT2D eigenvalue weighted by Crippen LogP contribution is 2.19. The Morgan fingerprint density at radius 2 is 1.48 bits per heavy atom. The summed E-state index contributed by atoms with van der Waals surface area (Å²) in [6.45, 7) is 1.40. The van der Waals surface area contributed by atoms with Crippen LogP contribution >= 0.6 is 0 Å². The smallest absolute Gasteiger partial charge is 0.344 e. The van der Waals surface area contributed by atoms with Gasteiger partial charge in [0.1, 0.15) is 5.75 Å². The molecule has 27 heavy (non-hydrogen) atoms. The van der Waals surface area contributed by atoms with E-state index >= 15 is 0 Å². The molecule has 0 aliphatic rings. The van der Waals surface area contributed by atoms with Crippen LogP contribution in [0, 0.1) is 6.92 Å². The number of carbonyl (C=O) groups excluding carboxylic acids is 2. The molecule has 0 radical (unpaired) electrons. The topological polar surface area (TPSA) is 52.6 Å². The first-order valence-corrected chi connectivity index (χ1v) is 8.65. The Balaban J connectivity index is 1.49. The molecule has 0 N–H and O–H groups in total. The second-order valence-electron chi connectivity index (χ2n) is 6.13. The molecular weight excluding hydrogens is 340 g/mol. The number of aryl methyl sites for hydroxylation is 1. The van der Waals surface area contributed by atoms with Crippen molar-refractivity contribution in [3.8, 4) is 16.9 Å². The van der Waals surface area contributed by atoms with Crippen molar-refractivity contribution in [2.75, 3.05) is 13.2 Å². The third kappa shape index (κ3) is 5.28. The summed E-state index contributed by atoms with van der Waals surface area (Å²) in [7, 11) is 0. The Morgan fingerprint density at radius 1 is 0.778 bits per heavy atom. The van der Waals surface area contributed by atoms with E-state index in [1.165, 1.54) is 0 Å². The van der Waals surface area contributed by atoms with Crippen molar-refractivity contribution in [3.63, 3.8) is 0 Å². The highest BCUT2D eigenvalue weighted by Gasteiger charge is 2.11. The normalized spacial score (nSPS) is 10.3. The highest BCUT2D eigenvalue weighted by molar-refractivity contribution is 5.98. The van der Waals surface area contributed by atoms with Gasteiger partial charge in [-0.25, -0.2) is 4.79 Å². The SMILES string of the molecule is Cc1cccc(OCC(=O)OCC(=O)c2ccc(-c3ccccc3)cc2)c1. The molecule has 0 amide bonds. The molecule has 136 valence electrons. The summed E-state index contributed by atoms with van der Waals surface area (Å²) in [4.78, 5) is 24.0. The fourth-order valence-electron chi connectivity index (χ4n) is 2.60. The van der Waals surface area contributed by atoms with Crippen molar-refractivity contribution >= 4 is 11.8 Å². The Labute approximate surface area is 158 Å². The number of hydrogen-bond acceptors (Lipinski definition) is 4. The van der Waals surface area contributed by atoms with Crippen LogP contribution in [-0.4, -0.2) is 25.0 Å². The molecule has 0 aliphatic heterocycles. The first-order valence-electron chi connectivity index (χ1n) is 8.65. The van der Waals surface area contributed by atoms with Crippen molar-refractivity contribution in [3.05, 3.63) is 90.0 Å². The Hall–Kier alpha value is -3.40. The first kappa shape index (κ1) is 18.4. The minimum atomic E-state index is -0.578. The predicted molar refractivity (Wildman–Crippen MR) is 104 cm³/mol. The van der Waals surface area contributed by atoms with Gasteiger partial charge in [0.25, 0.3) is 0 Å². The summed E-state index contributed by atoms with van der Waals surface area (Å²) in [5.74, 6) is -0.237. The molecule has 3 rings (SSSR count). The minimum absolute atomic E-state index is 0.232. The van der Waals surface area contributed by atoms with Crippen LogP contribution in [0.3, 0.4) is 0 Å². The number of rotatable bonds is 7. The molecule has 0 fully saturated rings. The molecule has 0 saturated heterocycles. The van der Waals surface area contributed by atoms with Crippen molar-refractivity contribution in [1.29, 1.82) is 0 Å². The van der Waals surface area contributed by atoms with Crippen LogP contribution in [0.1, 0.15) is 15.9 Å². The largest absolute Gasteiger partial charge is 0.482 e. The second kappa shape index (κ2) is 8.81. The summed E-state index contributed by atoms with van der Waals surface area (Å²) >= 11 is 0. The van der Waals surface area contributed by atoms with Gasteiger partial charge in [-0.3, -0.25) is 4.79 Å². The van der Waals surface area contributed by atoms with Crippen molar-refractivity contribution < 1.29 is 19.1 Å². The van der Waals surface area contributed by atoms with E-state index in [-0.39, 0.29) is 19.0 Å². The lowest BCUT2D eigenvalue weighted by Gasteiger charge is -2.08. The van der Waals surface area contributed by atoms with Gasteiger partial charge in [0.2, 0.25) is 0 Å². The summed E-state index contributed by atoms with van der Waals surface area (Å²) in [6.07, 6.45) is 0. The van der Waals surface area contributed by atoms with Crippen LogP contribution in [0.5, 0.6) is 5.75 Å². The van der Waals surface area contributed by atoms with Gasteiger partial charge < -0.3 is 9.47 Å². The first-order chi connectivity index (χ1) is 13.1. The molecule has 3 aromatic carbocycles. The number of ketones is 1. The Bertz CT molecular complexity index is 915. The van der Waals surface area contributed by atoms with E-state index in [0.29, 0.717) is 11.3 Å². The lowest BCUT2D eigenvalue weighted by Crippen LogP contribution is -2.19. The zero-order valence-electron chi connectivity index (χ0n) is 15.1. The molecule has 4 nitrogen and oxygen atoms in total. The summed E-state index contributed by atoms with van der Waals surface area (Å²) in [6, 6.07) is 24.5. The Kier molecular flexibility index (Phi) is 6.00. The van der Waals surface area contributed by atoms with Crippen LogP contribution in [0.4, 0.5) is 0 Å². The maximum Gasteiger partial charge on any atom is 0.344 e. The Morgan fingerprint density at radius 3 is 2.19 bits per heavy atom. The van der Waals surface area contributed by atoms with Crippen molar-refractivity contribution in [2.24, 2.45) is 0 Å². The van der Waals surface area contributed by atoms with Gasteiger partial charge in [-0.15, -0.1) is 0 Å². The van der Waals surface area contributed by atoms with E-state index in [4.69, 9.17) is 9.47 Å². The van der Waals surface area contributed by atoms with E-state index in [1.807, 2.05) is 67.6 Å². The molecule has 0 saturated carbocycles. The molecular formula is C23H20O4. The van der Waals surface area contributed by atoms with Crippen molar-refractivity contribution in [2.45, 2.75) is 6.92 Å². The zero-order chi connectivity index (χ0) is 19.1. The molecule has 0 atom stereocenters. The number of benzene rings is 3. The van der Waals surface area contributed by atoms with Crippen LogP contribution in [-0.2, 0) is 9.53 Å². The lowest BCUT2D eigenvalue weighted by atomic mass is 10.0. The molecule has 0 bridgehead atoms. The fraction of sp³-hybridized carbons (Fsp3) is 0.130. The molecule has 0 spiro atoms. The summed E-state index contributed by atoms with van der Waals surface area (Å²) < 4.78 is 10.4. The molecule has 0 aliphatic carbocycles. The van der Waals surface area contributed by atoms with Gasteiger partial charge in [0, 0.05) is 5.56 Å². The monoisotopic (exact) mass is 360 g/mol. The zero-order valence-corrected chi connectivity index (χ0v) is 15.1. The van der Waals surface area contributed by atoms with Gasteiger partial charge in [0.15, 0.2) is 19.0 Å². The van der Waals surface area contributed by atoms with Gasteiger partial charge in [-0.2, -0.15) is 0 Å². The van der Waals surface area contributed by atoms with Crippen LogP contribution < -0.4 is 4.74 Å². The van der Waals surface area contributed by atoms with Crippen LogP contribution in [0.2, 0.25) is 0 Å². The second-order valence-corrected chi connectivity index (χ2v) is 6.13. The standard InChI is InChI=1S/C23H20O4/c1-17-6-5-9-21(14-17)26-16-23(25)27-15-22(24)20-12-10-19(11-13-20)18-7-3-2-4-8-18/h2-14H,15-16H2,1H3. The average Bonchev–Trinajstić information content (AvgIpc) is 2.71. The molecule has 4 heteroatoms. The van der Waals surface area contributed by atoms with Gasteiger partial charge in [0.05, 0.1) is 0 Å². The quantitative estimate of drug-likeness (QED) is 0.461. The van der Waals surface area contributed by atoms with Gasteiger partial charge in [-0.05, 0) is 35.7 Å². The molecule has 0 aromatic heterocycles. The van der Waals surface area contributed by atoms with Gasteiger partial charge in [-0.1, -0.05) is 66.7 Å². The van der Waals surface area contributed by atoms with Crippen LogP contribution in [0.15, 0.2) is 78.9 Å².